The van der Waals surface area contributed by atoms with E-state index in [1.807, 2.05) is 11.8 Å². The second-order valence-electron chi connectivity index (χ2n) is 4.13. The molecule has 0 aliphatic heterocycles. The molecule has 0 spiro atoms. The zero-order valence-corrected chi connectivity index (χ0v) is 11.0. The van der Waals surface area contributed by atoms with Gasteiger partial charge in [-0.15, -0.1) is 11.8 Å². The van der Waals surface area contributed by atoms with E-state index < -0.39 is 0 Å². The summed E-state index contributed by atoms with van der Waals surface area (Å²) in [5, 5.41) is 0. The van der Waals surface area contributed by atoms with Gasteiger partial charge in [0.05, 0.1) is 0 Å². The number of hydrogen-bond acceptors (Lipinski definition) is 3. The molecule has 0 amide bonds. The van der Waals surface area contributed by atoms with Gasteiger partial charge in [0.2, 0.25) is 0 Å². The third-order valence-corrected chi connectivity index (χ3v) is 3.74. The minimum atomic E-state index is 0.422. The molecule has 1 unspecified atom stereocenters. The van der Waals surface area contributed by atoms with Crippen LogP contribution in [0, 0.1) is 6.92 Å². The summed E-state index contributed by atoms with van der Waals surface area (Å²) in [4.78, 5) is 1.33. The predicted octanol–water partition coefficient (Wildman–Crippen LogP) is 3.11. The van der Waals surface area contributed by atoms with Crippen molar-refractivity contribution < 1.29 is 0 Å². The van der Waals surface area contributed by atoms with Crippen LogP contribution in [-0.4, -0.2) is 11.8 Å². The standard InChI is InChI=1S/C13H22N2S/c1-3-4-7-12(15-14)10-16-13-8-5-6-11(2)9-13/h5-6,8-9,12,15H,3-4,7,10,14H2,1-2H3. The Morgan fingerprint density at radius 1 is 1.44 bits per heavy atom. The van der Waals surface area contributed by atoms with E-state index in [9.17, 15) is 0 Å². The second-order valence-corrected chi connectivity index (χ2v) is 5.23. The highest BCUT2D eigenvalue weighted by Crippen LogP contribution is 2.20. The molecule has 1 atom stereocenters. The van der Waals surface area contributed by atoms with Crippen molar-refractivity contribution in [3.05, 3.63) is 29.8 Å². The molecule has 0 aliphatic carbocycles. The van der Waals surface area contributed by atoms with Crippen LogP contribution in [0.4, 0.5) is 0 Å². The molecule has 1 rings (SSSR count). The van der Waals surface area contributed by atoms with Gasteiger partial charge < -0.3 is 0 Å². The molecule has 2 nitrogen and oxygen atoms in total. The van der Waals surface area contributed by atoms with Crippen molar-refractivity contribution in [3.63, 3.8) is 0 Å². The third-order valence-electron chi connectivity index (χ3n) is 2.58. The van der Waals surface area contributed by atoms with Crippen LogP contribution in [0.2, 0.25) is 0 Å². The maximum atomic E-state index is 5.54. The molecule has 0 saturated heterocycles. The molecule has 1 aromatic rings. The van der Waals surface area contributed by atoms with Crippen molar-refractivity contribution >= 4 is 11.8 Å². The van der Waals surface area contributed by atoms with Gasteiger partial charge >= 0.3 is 0 Å². The minimum absolute atomic E-state index is 0.422. The highest BCUT2D eigenvalue weighted by atomic mass is 32.2. The van der Waals surface area contributed by atoms with E-state index in [0.29, 0.717) is 6.04 Å². The fourth-order valence-electron chi connectivity index (χ4n) is 1.57. The molecule has 3 N–H and O–H groups in total. The average Bonchev–Trinajstić information content (AvgIpc) is 2.29. The molecular weight excluding hydrogens is 216 g/mol. The summed E-state index contributed by atoms with van der Waals surface area (Å²) in [5.74, 6) is 6.59. The van der Waals surface area contributed by atoms with Gasteiger partial charge in [-0.25, -0.2) is 0 Å². The van der Waals surface area contributed by atoms with Crippen molar-refractivity contribution in [2.75, 3.05) is 5.75 Å². The SMILES string of the molecule is CCCCC(CSc1cccc(C)c1)NN. The fraction of sp³-hybridized carbons (Fsp3) is 0.538. The number of benzene rings is 1. The average molecular weight is 238 g/mol. The summed E-state index contributed by atoms with van der Waals surface area (Å²) in [6.07, 6.45) is 3.63. The molecule has 0 fully saturated rings. The zero-order chi connectivity index (χ0) is 11.8. The molecular formula is C13H22N2S. The lowest BCUT2D eigenvalue weighted by Crippen LogP contribution is -2.36. The molecule has 1 aromatic carbocycles. The second kappa shape index (κ2) is 7.71. The summed E-state index contributed by atoms with van der Waals surface area (Å²) in [6.45, 7) is 4.33. The summed E-state index contributed by atoms with van der Waals surface area (Å²) < 4.78 is 0. The van der Waals surface area contributed by atoms with E-state index >= 15 is 0 Å². The normalized spacial score (nSPS) is 12.7. The first-order valence-corrected chi connectivity index (χ1v) is 6.90. The van der Waals surface area contributed by atoms with Gasteiger partial charge in [0.25, 0.3) is 0 Å². The molecule has 0 aromatic heterocycles. The Morgan fingerprint density at radius 3 is 2.88 bits per heavy atom. The fourth-order valence-corrected chi connectivity index (χ4v) is 2.67. The Hall–Kier alpha value is -0.510. The van der Waals surface area contributed by atoms with Crippen LogP contribution in [0.1, 0.15) is 31.7 Å². The molecule has 3 heteroatoms. The van der Waals surface area contributed by atoms with Gasteiger partial charge in [0, 0.05) is 16.7 Å². The molecule has 0 heterocycles. The van der Waals surface area contributed by atoms with Crippen molar-refractivity contribution in [1.82, 2.24) is 5.43 Å². The Bertz CT molecular complexity index is 302. The Morgan fingerprint density at radius 2 is 2.25 bits per heavy atom. The van der Waals surface area contributed by atoms with Crippen molar-refractivity contribution in [2.45, 2.75) is 44.0 Å². The summed E-state index contributed by atoms with van der Waals surface area (Å²) >= 11 is 1.88. The van der Waals surface area contributed by atoms with Gasteiger partial charge in [-0.05, 0) is 25.5 Å². The Labute approximate surface area is 103 Å². The number of unbranched alkanes of at least 4 members (excludes halogenated alkanes) is 1. The van der Waals surface area contributed by atoms with E-state index in [-0.39, 0.29) is 0 Å². The highest BCUT2D eigenvalue weighted by Gasteiger charge is 2.06. The first-order chi connectivity index (χ1) is 7.76. The molecule has 16 heavy (non-hydrogen) atoms. The van der Waals surface area contributed by atoms with Crippen LogP contribution >= 0.6 is 11.8 Å². The lowest BCUT2D eigenvalue weighted by atomic mass is 10.1. The van der Waals surface area contributed by atoms with Gasteiger partial charge in [-0.1, -0.05) is 37.5 Å². The Kier molecular flexibility index (Phi) is 6.53. The highest BCUT2D eigenvalue weighted by molar-refractivity contribution is 7.99. The summed E-state index contributed by atoms with van der Waals surface area (Å²) in [5.41, 5.74) is 4.22. The largest absolute Gasteiger partial charge is 0.271 e. The van der Waals surface area contributed by atoms with Crippen LogP contribution < -0.4 is 11.3 Å². The van der Waals surface area contributed by atoms with Gasteiger partial charge in [-0.3, -0.25) is 11.3 Å². The van der Waals surface area contributed by atoms with Crippen molar-refractivity contribution in [3.8, 4) is 0 Å². The third kappa shape index (κ3) is 5.01. The number of aryl methyl sites for hydroxylation is 1. The quantitative estimate of drug-likeness (QED) is 0.435. The van der Waals surface area contributed by atoms with Gasteiger partial charge in [0.1, 0.15) is 0 Å². The molecule has 0 saturated carbocycles. The monoisotopic (exact) mass is 238 g/mol. The van der Waals surface area contributed by atoms with Crippen molar-refractivity contribution in [1.29, 1.82) is 0 Å². The van der Waals surface area contributed by atoms with Crippen LogP contribution in [-0.2, 0) is 0 Å². The van der Waals surface area contributed by atoms with Gasteiger partial charge in [0.15, 0.2) is 0 Å². The Balaban J connectivity index is 2.37. The van der Waals surface area contributed by atoms with E-state index in [1.54, 1.807) is 0 Å². The maximum Gasteiger partial charge on any atom is 0.0304 e. The molecule has 90 valence electrons. The lowest BCUT2D eigenvalue weighted by Gasteiger charge is -2.14. The first kappa shape index (κ1) is 13.6. The predicted molar refractivity (Wildman–Crippen MR) is 72.5 cm³/mol. The number of rotatable bonds is 7. The lowest BCUT2D eigenvalue weighted by molar-refractivity contribution is 0.516. The van der Waals surface area contributed by atoms with Crippen LogP contribution in [0.3, 0.4) is 0 Å². The summed E-state index contributed by atoms with van der Waals surface area (Å²) in [6, 6.07) is 9.03. The minimum Gasteiger partial charge on any atom is -0.271 e. The van der Waals surface area contributed by atoms with Crippen LogP contribution in [0.15, 0.2) is 29.2 Å². The van der Waals surface area contributed by atoms with E-state index in [1.165, 1.54) is 23.3 Å². The molecule has 0 radical (unpaired) electrons. The number of nitrogens with one attached hydrogen (secondary N) is 1. The number of thioether (sulfide) groups is 1. The van der Waals surface area contributed by atoms with E-state index in [0.717, 1.165) is 12.2 Å². The smallest absolute Gasteiger partial charge is 0.0304 e. The maximum absolute atomic E-state index is 5.54. The van der Waals surface area contributed by atoms with E-state index in [2.05, 4.69) is 43.5 Å². The topological polar surface area (TPSA) is 38.0 Å². The van der Waals surface area contributed by atoms with Crippen molar-refractivity contribution in [2.24, 2.45) is 5.84 Å². The zero-order valence-electron chi connectivity index (χ0n) is 10.2. The number of hydrazine groups is 1. The first-order valence-electron chi connectivity index (χ1n) is 5.92. The molecule has 0 aliphatic rings. The molecule has 0 bridgehead atoms. The number of nitrogens with two attached hydrogens (primary N) is 1. The number of hydrogen-bond donors (Lipinski definition) is 2. The van der Waals surface area contributed by atoms with Crippen LogP contribution in [0.25, 0.3) is 0 Å². The van der Waals surface area contributed by atoms with Crippen LogP contribution in [0.5, 0.6) is 0 Å². The van der Waals surface area contributed by atoms with Gasteiger partial charge in [-0.2, -0.15) is 0 Å². The van der Waals surface area contributed by atoms with E-state index in [4.69, 9.17) is 5.84 Å². The summed E-state index contributed by atoms with van der Waals surface area (Å²) in [7, 11) is 0.